The minimum atomic E-state index is -0.640. The average molecular weight is 414 g/mol. The molecule has 0 unspecified atom stereocenters. The van der Waals surface area contributed by atoms with Crippen molar-refractivity contribution in [3.63, 3.8) is 0 Å². The molecule has 0 radical (unpaired) electrons. The summed E-state index contributed by atoms with van der Waals surface area (Å²) in [6.07, 6.45) is 7.00. The van der Waals surface area contributed by atoms with Crippen LogP contribution in [0.25, 0.3) is 0 Å². The molecule has 4 saturated carbocycles. The molecule has 0 spiro atoms. The molecule has 0 heterocycles. The number of hydrogen-bond acceptors (Lipinski definition) is 5. The molecule has 4 aliphatic rings. The Bertz CT molecular complexity index is 831. The number of nitrogens with one attached hydrogen (secondary N) is 3. The van der Waals surface area contributed by atoms with E-state index < -0.39 is 23.9 Å². The number of anilines is 1. The van der Waals surface area contributed by atoms with Crippen molar-refractivity contribution < 1.29 is 19.1 Å². The molecule has 1 atom stereocenters. The van der Waals surface area contributed by atoms with E-state index in [0.717, 1.165) is 42.6 Å². The van der Waals surface area contributed by atoms with Crippen LogP contribution in [-0.2, 0) is 9.53 Å². The minimum absolute atomic E-state index is 0.138. The first-order valence-electron chi connectivity index (χ1n) is 10.9. The molecule has 4 fully saturated rings. The molecular weight excluding hydrogens is 382 g/mol. The van der Waals surface area contributed by atoms with Gasteiger partial charge in [0.1, 0.15) is 6.04 Å². The molecule has 1 aromatic carbocycles. The van der Waals surface area contributed by atoms with Crippen LogP contribution in [0.1, 0.15) is 61.4 Å². The second kappa shape index (κ2) is 7.93. The van der Waals surface area contributed by atoms with Crippen molar-refractivity contribution in [3.8, 4) is 0 Å². The Morgan fingerprint density at radius 1 is 1.07 bits per heavy atom. The number of rotatable bonds is 5. The first kappa shape index (κ1) is 20.7. The smallest absolute Gasteiger partial charge is 0.337 e. The van der Waals surface area contributed by atoms with Crippen LogP contribution in [0, 0.1) is 24.7 Å². The third-order valence-corrected chi connectivity index (χ3v) is 7.08. The molecule has 7 heteroatoms. The van der Waals surface area contributed by atoms with Gasteiger partial charge < -0.3 is 15.4 Å². The normalized spacial score (nSPS) is 29.8. The van der Waals surface area contributed by atoms with Gasteiger partial charge in [-0.1, -0.05) is 6.07 Å². The van der Waals surface area contributed by atoms with E-state index in [1.54, 1.807) is 25.1 Å². The average Bonchev–Trinajstić information content (AvgIpc) is 2.67. The lowest BCUT2D eigenvalue weighted by Gasteiger charge is -2.56. The lowest BCUT2D eigenvalue weighted by atomic mass is 9.53. The van der Waals surface area contributed by atoms with Crippen LogP contribution in [0.15, 0.2) is 18.2 Å². The highest BCUT2D eigenvalue weighted by Gasteiger charge is 2.51. The van der Waals surface area contributed by atoms with Crippen LogP contribution in [0.4, 0.5) is 10.5 Å². The van der Waals surface area contributed by atoms with Gasteiger partial charge in [0.05, 0.1) is 12.7 Å². The zero-order valence-electron chi connectivity index (χ0n) is 17.9. The summed E-state index contributed by atoms with van der Waals surface area (Å²) in [6.45, 7) is 3.57. The second-order valence-electron chi connectivity index (χ2n) is 9.53. The summed E-state index contributed by atoms with van der Waals surface area (Å²) in [4.78, 5) is 37.0. The van der Waals surface area contributed by atoms with Crippen LogP contribution in [0.2, 0.25) is 0 Å². The number of imide groups is 1. The molecule has 30 heavy (non-hydrogen) atoms. The van der Waals surface area contributed by atoms with E-state index in [1.807, 2.05) is 6.92 Å². The topological polar surface area (TPSA) is 96.5 Å². The molecule has 0 aromatic heterocycles. The highest BCUT2D eigenvalue weighted by atomic mass is 16.5. The molecule has 7 nitrogen and oxygen atoms in total. The maximum Gasteiger partial charge on any atom is 0.337 e. The van der Waals surface area contributed by atoms with Crippen LogP contribution in [0.3, 0.4) is 0 Å². The van der Waals surface area contributed by atoms with Crippen molar-refractivity contribution in [1.29, 1.82) is 0 Å². The summed E-state index contributed by atoms with van der Waals surface area (Å²) in [5.41, 5.74) is 1.81. The number of urea groups is 1. The fraction of sp³-hybridized carbons (Fsp3) is 0.609. The molecule has 4 bridgehead atoms. The van der Waals surface area contributed by atoms with Gasteiger partial charge in [0, 0.05) is 11.2 Å². The summed E-state index contributed by atoms with van der Waals surface area (Å²) >= 11 is 0. The van der Waals surface area contributed by atoms with E-state index in [-0.39, 0.29) is 5.54 Å². The molecule has 0 aliphatic heterocycles. The number of esters is 1. The Kier molecular flexibility index (Phi) is 5.47. The Hall–Kier alpha value is -2.57. The Morgan fingerprint density at radius 2 is 1.67 bits per heavy atom. The fourth-order valence-electron chi connectivity index (χ4n) is 6.08. The van der Waals surface area contributed by atoms with Crippen molar-refractivity contribution >= 4 is 23.6 Å². The summed E-state index contributed by atoms with van der Waals surface area (Å²) in [7, 11) is 1.33. The Balaban J connectivity index is 1.35. The Labute approximate surface area is 177 Å². The molecule has 1 aromatic rings. The lowest BCUT2D eigenvalue weighted by Crippen LogP contribution is -2.62. The number of methoxy groups -OCH3 is 1. The van der Waals surface area contributed by atoms with E-state index >= 15 is 0 Å². The monoisotopic (exact) mass is 413 g/mol. The van der Waals surface area contributed by atoms with Crippen molar-refractivity contribution in [2.75, 3.05) is 12.4 Å². The molecule has 4 aliphatic carbocycles. The predicted molar refractivity (Wildman–Crippen MR) is 113 cm³/mol. The van der Waals surface area contributed by atoms with E-state index in [9.17, 15) is 14.4 Å². The van der Waals surface area contributed by atoms with Crippen molar-refractivity contribution in [2.45, 2.75) is 64.0 Å². The first-order valence-corrected chi connectivity index (χ1v) is 10.9. The zero-order chi connectivity index (χ0) is 21.5. The summed E-state index contributed by atoms with van der Waals surface area (Å²) in [6, 6.07) is 4.07. The van der Waals surface area contributed by atoms with Crippen LogP contribution >= 0.6 is 0 Å². The molecule has 3 amide bonds. The number of carbonyl (C=O) groups is 3. The van der Waals surface area contributed by atoms with Gasteiger partial charge in [-0.2, -0.15) is 0 Å². The van der Waals surface area contributed by atoms with Crippen molar-refractivity contribution in [1.82, 2.24) is 10.6 Å². The Morgan fingerprint density at radius 3 is 2.23 bits per heavy atom. The number of benzene rings is 1. The third-order valence-electron chi connectivity index (χ3n) is 7.08. The van der Waals surface area contributed by atoms with Gasteiger partial charge in [-0.3, -0.25) is 10.1 Å². The predicted octanol–water partition coefficient (Wildman–Crippen LogP) is 3.38. The molecule has 0 saturated heterocycles. The summed E-state index contributed by atoms with van der Waals surface area (Å²) < 4.78 is 4.75. The summed E-state index contributed by atoms with van der Waals surface area (Å²) in [5, 5.41) is 8.75. The maximum absolute atomic E-state index is 12.6. The van der Waals surface area contributed by atoms with Gasteiger partial charge in [-0.05, 0) is 87.8 Å². The van der Waals surface area contributed by atoms with Gasteiger partial charge in [-0.15, -0.1) is 0 Å². The van der Waals surface area contributed by atoms with Gasteiger partial charge in [-0.25, -0.2) is 9.59 Å². The van der Waals surface area contributed by atoms with E-state index in [1.165, 1.54) is 26.4 Å². The highest BCUT2D eigenvalue weighted by molar-refractivity contribution is 5.98. The van der Waals surface area contributed by atoms with E-state index in [2.05, 4.69) is 16.0 Å². The number of ether oxygens (including phenoxy) is 1. The van der Waals surface area contributed by atoms with Crippen molar-refractivity contribution in [3.05, 3.63) is 29.3 Å². The largest absolute Gasteiger partial charge is 0.465 e. The van der Waals surface area contributed by atoms with Crippen molar-refractivity contribution in [2.24, 2.45) is 17.8 Å². The van der Waals surface area contributed by atoms with Gasteiger partial charge >= 0.3 is 12.0 Å². The van der Waals surface area contributed by atoms with Crippen LogP contribution in [-0.4, -0.2) is 36.6 Å². The SMILES string of the molecule is COC(=O)c1ccc(C)c(N[C@@H](C)C(=O)NC(=O)NC23CC4CC(CC(C4)C2)C3)c1. The quantitative estimate of drug-likeness (QED) is 0.643. The molecule has 3 N–H and O–H groups in total. The lowest BCUT2D eigenvalue weighted by molar-refractivity contribution is -0.120. The number of carbonyl (C=O) groups excluding carboxylic acids is 3. The van der Waals surface area contributed by atoms with E-state index in [4.69, 9.17) is 4.74 Å². The molecule has 162 valence electrons. The maximum atomic E-state index is 12.6. The minimum Gasteiger partial charge on any atom is -0.465 e. The fourth-order valence-corrected chi connectivity index (χ4v) is 6.08. The standard InChI is InChI=1S/C23H31N3O4/c1-13-4-5-18(21(28)30-3)9-19(13)24-14(2)20(27)25-22(29)26-23-10-15-6-16(11-23)8-17(7-15)12-23/h4-5,9,14-17,24H,6-8,10-12H2,1-3H3,(H2,25,26,27,29)/t14-,15?,16?,17?,23?/m0/s1. The molecular formula is C23H31N3O4. The van der Waals surface area contributed by atoms with Gasteiger partial charge in [0.2, 0.25) is 5.91 Å². The van der Waals surface area contributed by atoms with Crippen LogP contribution in [0.5, 0.6) is 0 Å². The van der Waals surface area contributed by atoms with Crippen LogP contribution < -0.4 is 16.0 Å². The number of aryl methyl sites for hydroxylation is 1. The molecule has 5 rings (SSSR count). The highest BCUT2D eigenvalue weighted by Crippen LogP contribution is 2.55. The first-order chi connectivity index (χ1) is 14.3. The third kappa shape index (κ3) is 4.16. The zero-order valence-corrected chi connectivity index (χ0v) is 17.9. The van der Waals surface area contributed by atoms with Gasteiger partial charge in [0.25, 0.3) is 0 Å². The van der Waals surface area contributed by atoms with E-state index in [0.29, 0.717) is 11.3 Å². The number of hydrogen-bond donors (Lipinski definition) is 3. The second-order valence-corrected chi connectivity index (χ2v) is 9.53. The van der Waals surface area contributed by atoms with Gasteiger partial charge in [0.15, 0.2) is 0 Å². The summed E-state index contributed by atoms with van der Waals surface area (Å²) in [5.74, 6) is 1.32. The number of amides is 3.